The first-order chi connectivity index (χ1) is 15.4. The van der Waals surface area contributed by atoms with Crippen LogP contribution in [0, 0.1) is 0 Å². The molecular weight excluding hydrogens is 419 g/mol. The third-order valence-corrected chi connectivity index (χ3v) is 5.52. The average molecular weight is 443 g/mol. The molecule has 1 fully saturated rings. The van der Waals surface area contributed by atoms with Crippen molar-refractivity contribution >= 4 is 0 Å². The molecular formula is C24H24F3N3O2. The van der Waals surface area contributed by atoms with Crippen LogP contribution in [0.3, 0.4) is 0 Å². The van der Waals surface area contributed by atoms with E-state index in [4.69, 9.17) is 9.47 Å². The number of hydrogen-bond donors (Lipinski definition) is 0. The van der Waals surface area contributed by atoms with Gasteiger partial charge in [0.1, 0.15) is 11.9 Å². The highest BCUT2D eigenvalue weighted by molar-refractivity contribution is 5.63. The van der Waals surface area contributed by atoms with Crippen LogP contribution in [-0.2, 0) is 17.3 Å². The number of rotatable bonds is 6. The minimum absolute atomic E-state index is 0.363. The number of aromatic nitrogens is 2. The number of nitrogens with zero attached hydrogens (tertiary/aromatic N) is 3. The van der Waals surface area contributed by atoms with Crippen LogP contribution in [-0.4, -0.2) is 48.2 Å². The number of ether oxygens (including phenoxy) is 2. The Morgan fingerprint density at radius 2 is 1.88 bits per heavy atom. The fraction of sp³-hybridized carbons (Fsp3) is 0.333. The van der Waals surface area contributed by atoms with Crippen LogP contribution in [0.5, 0.6) is 5.75 Å². The van der Waals surface area contributed by atoms with Crippen LogP contribution in [0.1, 0.15) is 22.9 Å². The minimum Gasteiger partial charge on any atom is -0.497 e. The number of alkyl halides is 3. The SMILES string of the molecule is COc1ccc(CCN2CCO[C@@H](c3nccnc3-c3cccc(C(F)(F)F)c3)C2)cc1. The lowest BCUT2D eigenvalue weighted by Crippen LogP contribution is -2.39. The van der Waals surface area contributed by atoms with Crippen LogP contribution < -0.4 is 4.74 Å². The summed E-state index contributed by atoms with van der Waals surface area (Å²) in [5.74, 6) is 0.824. The maximum Gasteiger partial charge on any atom is 0.416 e. The van der Waals surface area contributed by atoms with E-state index in [0.717, 1.165) is 37.4 Å². The Labute approximate surface area is 184 Å². The second-order valence-electron chi connectivity index (χ2n) is 7.63. The van der Waals surface area contributed by atoms with E-state index in [1.165, 1.54) is 17.8 Å². The zero-order valence-electron chi connectivity index (χ0n) is 17.7. The molecule has 0 radical (unpaired) electrons. The molecule has 0 spiro atoms. The Morgan fingerprint density at radius 1 is 1.09 bits per heavy atom. The van der Waals surface area contributed by atoms with Gasteiger partial charge in [-0.2, -0.15) is 13.2 Å². The van der Waals surface area contributed by atoms with Gasteiger partial charge in [-0.25, -0.2) is 0 Å². The van der Waals surface area contributed by atoms with Crippen molar-refractivity contribution in [3.8, 4) is 17.0 Å². The average Bonchev–Trinajstić information content (AvgIpc) is 2.83. The van der Waals surface area contributed by atoms with Crippen molar-refractivity contribution in [2.45, 2.75) is 18.7 Å². The fourth-order valence-corrected chi connectivity index (χ4v) is 3.80. The highest BCUT2D eigenvalue weighted by atomic mass is 19.4. The maximum atomic E-state index is 13.2. The molecule has 0 bridgehead atoms. The summed E-state index contributed by atoms with van der Waals surface area (Å²) in [6.07, 6.45) is -0.872. The summed E-state index contributed by atoms with van der Waals surface area (Å²) in [6, 6.07) is 13.1. The smallest absolute Gasteiger partial charge is 0.416 e. The number of benzene rings is 2. The van der Waals surface area contributed by atoms with E-state index in [0.29, 0.717) is 30.1 Å². The molecule has 0 saturated carbocycles. The maximum absolute atomic E-state index is 13.2. The van der Waals surface area contributed by atoms with Gasteiger partial charge in [0.15, 0.2) is 0 Å². The molecule has 1 aliphatic heterocycles. The monoisotopic (exact) mass is 443 g/mol. The molecule has 0 amide bonds. The normalized spacial score (nSPS) is 17.3. The lowest BCUT2D eigenvalue weighted by molar-refractivity contribution is -0.137. The molecule has 4 rings (SSSR count). The summed E-state index contributed by atoms with van der Waals surface area (Å²) >= 11 is 0. The molecule has 2 aromatic carbocycles. The first kappa shape index (κ1) is 22.2. The van der Waals surface area contributed by atoms with Gasteiger partial charge in [-0.05, 0) is 36.2 Å². The van der Waals surface area contributed by atoms with E-state index < -0.39 is 11.7 Å². The minimum atomic E-state index is -4.42. The molecule has 0 aliphatic carbocycles. The van der Waals surface area contributed by atoms with Gasteiger partial charge in [0.05, 0.1) is 30.7 Å². The van der Waals surface area contributed by atoms with Crippen molar-refractivity contribution < 1.29 is 22.6 Å². The molecule has 168 valence electrons. The van der Waals surface area contributed by atoms with Crippen molar-refractivity contribution in [2.24, 2.45) is 0 Å². The molecule has 1 aliphatic rings. The molecule has 3 aromatic rings. The summed E-state index contributed by atoms with van der Waals surface area (Å²) in [7, 11) is 1.64. The molecule has 1 atom stereocenters. The molecule has 32 heavy (non-hydrogen) atoms. The Hall–Kier alpha value is -2.97. The highest BCUT2D eigenvalue weighted by Gasteiger charge is 2.31. The largest absolute Gasteiger partial charge is 0.497 e. The van der Waals surface area contributed by atoms with Crippen LogP contribution in [0.2, 0.25) is 0 Å². The summed E-state index contributed by atoms with van der Waals surface area (Å²) < 4.78 is 50.7. The van der Waals surface area contributed by atoms with Crippen molar-refractivity contribution in [3.05, 3.63) is 77.7 Å². The second kappa shape index (κ2) is 9.67. The standard InChI is InChI=1S/C24H24F3N3O2/c1-31-20-7-5-17(6-8-20)9-12-30-13-14-32-21(16-30)23-22(28-10-11-29-23)18-3-2-4-19(15-18)24(25,26)27/h2-8,10-11,15,21H,9,12-14,16H2,1H3/t21-/m1/s1. The molecule has 1 aromatic heterocycles. The first-order valence-electron chi connectivity index (χ1n) is 10.4. The van der Waals surface area contributed by atoms with Crippen molar-refractivity contribution in [3.63, 3.8) is 0 Å². The molecule has 1 saturated heterocycles. The number of morpholine rings is 1. The third-order valence-electron chi connectivity index (χ3n) is 5.52. The zero-order chi connectivity index (χ0) is 22.6. The van der Waals surface area contributed by atoms with Gasteiger partial charge in [0.2, 0.25) is 0 Å². The van der Waals surface area contributed by atoms with Crippen molar-refractivity contribution in [2.75, 3.05) is 33.4 Å². The number of halogens is 3. The number of methoxy groups -OCH3 is 1. The van der Waals surface area contributed by atoms with Crippen molar-refractivity contribution in [1.29, 1.82) is 0 Å². The summed E-state index contributed by atoms with van der Waals surface area (Å²) in [6.45, 7) is 2.74. The van der Waals surface area contributed by atoms with Crippen LogP contribution >= 0.6 is 0 Å². The number of hydrogen-bond acceptors (Lipinski definition) is 5. The summed E-state index contributed by atoms with van der Waals surface area (Å²) in [4.78, 5) is 11.1. The van der Waals surface area contributed by atoms with Crippen LogP contribution in [0.4, 0.5) is 13.2 Å². The van der Waals surface area contributed by atoms with Gasteiger partial charge in [0, 0.05) is 37.6 Å². The van der Waals surface area contributed by atoms with Gasteiger partial charge >= 0.3 is 6.18 Å². The zero-order valence-corrected chi connectivity index (χ0v) is 17.7. The molecule has 0 unspecified atom stereocenters. The molecule has 2 heterocycles. The molecule has 0 N–H and O–H groups in total. The van der Waals surface area contributed by atoms with Gasteiger partial charge in [-0.1, -0.05) is 24.3 Å². The lowest BCUT2D eigenvalue weighted by Gasteiger charge is -2.33. The van der Waals surface area contributed by atoms with E-state index in [9.17, 15) is 13.2 Å². The van der Waals surface area contributed by atoms with Gasteiger partial charge in [0.25, 0.3) is 0 Å². The Morgan fingerprint density at radius 3 is 2.62 bits per heavy atom. The summed E-state index contributed by atoms with van der Waals surface area (Å²) in [5, 5.41) is 0. The van der Waals surface area contributed by atoms with E-state index in [1.807, 2.05) is 24.3 Å². The molecule has 5 nitrogen and oxygen atoms in total. The quantitative estimate of drug-likeness (QED) is 0.549. The Kier molecular flexibility index (Phi) is 6.72. The predicted molar refractivity (Wildman–Crippen MR) is 114 cm³/mol. The first-order valence-corrected chi connectivity index (χ1v) is 10.4. The molecule has 8 heteroatoms. The Bertz CT molecular complexity index is 1040. The van der Waals surface area contributed by atoms with Gasteiger partial charge in [-0.15, -0.1) is 0 Å². The highest BCUT2D eigenvalue weighted by Crippen LogP contribution is 2.34. The predicted octanol–water partition coefficient (Wildman–Crippen LogP) is 4.79. The van der Waals surface area contributed by atoms with E-state index >= 15 is 0 Å². The lowest BCUT2D eigenvalue weighted by atomic mass is 10.0. The van der Waals surface area contributed by atoms with Crippen LogP contribution in [0.15, 0.2) is 60.9 Å². The van der Waals surface area contributed by atoms with E-state index in [1.54, 1.807) is 19.4 Å². The second-order valence-corrected chi connectivity index (χ2v) is 7.63. The van der Waals surface area contributed by atoms with Crippen LogP contribution in [0.25, 0.3) is 11.3 Å². The van der Waals surface area contributed by atoms with Crippen molar-refractivity contribution in [1.82, 2.24) is 14.9 Å². The summed E-state index contributed by atoms with van der Waals surface area (Å²) in [5.41, 5.74) is 1.85. The Balaban J connectivity index is 1.49. The van der Waals surface area contributed by atoms with E-state index in [-0.39, 0.29) is 6.10 Å². The third kappa shape index (κ3) is 5.26. The van der Waals surface area contributed by atoms with Gasteiger partial charge < -0.3 is 9.47 Å². The van der Waals surface area contributed by atoms with E-state index in [2.05, 4.69) is 14.9 Å². The van der Waals surface area contributed by atoms with Gasteiger partial charge in [-0.3, -0.25) is 14.9 Å². The topological polar surface area (TPSA) is 47.5 Å². The fourth-order valence-electron chi connectivity index (χ4n) is 3.80.